The maximum atomic E-state index is 11.9. The summed E-state index contributed by atoms with van der Waals surface area (Å²) in [5.41, 5.74) is 0. The highest BCUT2D eigenvalue weighted by atomic mass is 16.2. The van der Waals surface area contributed by atoms with Crippen LogP contribution in [0.4, 0.5) is 0 Å². The second kappa shape index (κ2) is 9.44. The molecule has 6 nitrogen and oxygen atoms in total. The molecule has 2 N–H and O–H groups in total. The molecule has 1 heterocycles. The van der Waals surface area contributed by atoms with E-state index in [1.54, 1.807) is 0 Å². The van der Waals surface area contributed by atoms with Crippen LogP contribution in [0.3, 0.4) is 0 Å². The minimum atomic E-state index is -0.190. The lowest BCUT2D eigenvalue weighted by Crippen LogP contribution is -2.55. The maximum Gasteiger partial charge on any atom is 0.237 e. The number of nitrogens with one attached hydrogen (secondary N) is 2. The van der Waals surface area contributed by atoms with Gasteiger partial charge in [0.05, 0.1) is 19.1 Å². The van der Waals surface area contributed by atoms with E-state index in [2.05, 4.69) is 33.3 Å². The number of nitrogens with zero attached hydrogens (tertiary/aromatic N) is 2. The monoisotopic (exact) mass is 308 g/mol. The Morgan fingerprint density at radius 3 is 2.41 bits per heavy atom. The summed E-state index contributed by atoms with van der Waals surface area (Å²) in [6.07, 6.45) is 6.08. The predicted molar refractivity (Wildman–Crippen MR) is 87.2 cm³/mol. The SMILES string of the molecule is C#CCNC(=O)C(C)N1CCN(CC(=O)NC(C)CC)CC1. The Balaban J connectivity index is 2.32. The van der Waals surface area contributed by atoms with E-state index in [4.69, 9.17) is 6.42 Å². The molecule has 2 amide bonds. The Bertz CT molecular complexity index is 411. The zero-order chi connectivity index (χ0) is 16.5. The lowest BCUT2D eigenvalue weighted by atomic mass is 10.2. The Hall–Kier alpha value is -1.58. The van der Waals surface area contributed by atoms with E-state index >= 15 is 0 Å². The Kier molecular flexibility index (Phi) is 7.92. The van der Waals surface area contributed by atoms with E-state index in [0.29, 0.717) is 6.54 Å². The molecule has 2 atom stereocenters. The quantitative estimate of drug-likeness (QED) is 0.632. The van der Waals surface area contributed by atoms with Gasteiger partial charge in [-0.2, -0.15) is 0 Å². The molecular formula is C16H28N4O2. The van der Waals surface area contributed by atoms with Crippen LogP contribution in [0.15, 0.2) is 0 Å². The first-order valence-electron chi connectivity index (χ1n) is 7.94. The molecule has 2 unspecified atom stereocenters. The summed E-state index contributed by atoms with van der Waals surface area (Å²) in [5, 5.41) is 5.68. The molecule has 0 bridgehead atoms. The van der Waals surface area contributed by atoms with Crippen LogP contribution < -0.4 is 10.6 Å². The average Bonchev–Trinajstić information content (AvgIpc) is 2.52. The zero-order valence-corrected chi connectivity index (χ0v) is 13.9. The van der Waals surface area contributed by atoms with Crippen LogP contribution >= 0.6 is 0 Å². The summed E-state index contributed by atoms with van der Waals surface area (Å²) < 4.78 is 0. The molecule has 0 radical (unpaired) electrons. The van der Waals surface area contributed by atoms with Crippen LogP contribution in [0.2, 0.25) is 0 Å². The van der Waals surface area contributed by atoms with Gasteiger partial charge in [0.25, 0.3) is 0 Å². The third kappa shape index (κ3) is 6.04. The molecule has 0 spiro atoms. The Morgan fingerprint density at radius 2 is 1.86 bits per heavy atom. The number of carbonyl (C=O) groups is 2. The van der Waals surface area contributed by atoms with Gasteiger partial charge in [0.2, 0.25) is 11.8 Å². The maximum absolute atomic E-state index is 11.9. The Morgan fingerprint density at radius 1 is 1.23 bits per heavy atom. The van der Waals surface area contributed by atoms with Gasteiger partial charge in [0.15, 0.2) is 0 Å². The number of hydrogen-bond donors (Lipinski definition) is 2. The fourth-order valence-electron chi connectivity index (χ4n) is 2.39. The van der Waals surface area contributed by atoms with Gasteiger partial charge >= 0.3 is 0 Å². The van der Waals surface area contributed by atoms with Crippen molar-refractivity contribution in [3.8, 4) is 12.3 Å². The van der Waals surface area contributed by atoms with Gasteiger partial charge in [-0.15, -0.1) is 6.42 Å². The van der Waals surface area contributed by atoms with Gasteiger partial charge in [-0.25, -0.2) is 0 Å². The standard InChI is InChI=1S/C16H28N4O2/c1-5-7-17-16(22)14(4)20-10-8-19(9-11-20)12-15(21)18-13(3)6-2/h1,13-14H,6-12H2,2-4H3,(H,17,22)(H,18,21). The van der Waals surface area contributed by atoms with Crippen molar-refractivity contribution < 1.29 is 9.59 Å². The van der Waals surface area contributed by atoms with E-state index in [1.165, 1.54) is 0 Å². The number of rotatable bonds is 7. The summed E-state index contributed by atoms with van der Waals surface area (Å²) in [5.74, 6) is 2.43. The number of hydrogen-bond acceptors (Lipinski definition) is 4. The number of amides is 2. The van der Waals surface area contributed by atoms with Crippen LogP contribution in [-0.2, 0) is 9.59 Å². The van der Waals surface area contributed by atoms with E-state index in [1.807, 2.05) is 13.8 Å². The molecular weight excluding hydrogens is 280 g/mol. The van der Waals surface area contributed by atoms with Crippen molar-refractivity contribution >= 4 is 11.8 Å². The third-order valence-electron chi connectivity index (χ3n) is 4.09. The average molecular weight is 308 g/mol. The first kappa shape index (κ1) is 18.5. The van der Waals surface area contributed by atoms with Crippen molar-refractivity contribution in [2.45, 2.75) is 39.3 Å². The van der Waals surface area contributed by atoms with Gasteiger partial charge in [-0.1, -0.05) is 12.8 Å². The summed E-state index contributed by atoms with van der Waals surface area (Å²) in [4.78, 5) is 28.0. The molecule has 1 saturated heterocycles. The highest BCUT2D eigenvalue weighted by molar-refractivity contribution is 5.81. The molecule has 0 aliphatic carbocycles. The van der Waals surface area contributed by atoms with Gasteiger partial charge < -0.3 is 10.6 Å². The first-order chi connectivity index (χ1) is 10.5. The zero-order valence-electron chi connectivity index (χ0n) is 13.9. The van der Waals surface area contributed by atoms with Crippen molar-refractivity contribution in [2.24, 2.45) is 0 Å². The van der Waals surface area contributed by atoms with E-state index < -0.39 is 0 Å². The molecule has 0 saturated carbocycles. The fourth-order valence-corrected chi connectivity index (χ4v) is 2.39. The van der Waals surface area contributed by atoms with Crippen LogP contribution in [-0.4, -0.2) is 73.0 Å². The highest BCUT2D eigenvalue weighted by Crippen LogP contribution is 2.06. The topological polar surface area (TPSA) is 64.7 Å². The van der Waals surface area contributed by atoms with E-state index in [-0.39, 0.29) is 30.4 Å². The van der Waals surface area contributed by atoms with Crippen molar-refractivity contribution in [1.82, 2.24) is 20.4 Å². The summed E-state index contributed by atoms with van der Waals surface area (Å²) in [6.45, 7) is 9.78. The minimum Gasteiger partial charge on any atom is -0.353 e. The second-order valence-corrected chi connectivity index (χ2v) is 5.79. The largest absolute Gasteiger partial charge is 0.353 e. The molecule has 0 aromatic carbocycles. The molecule has 0 aromatic heterocycles. The number of terminal acetylenes is 1. The van der Waals surface area contributed by atoms with Crippen molar-refractivity contribution in [1.29, 1.82) is 0 Å². The van der Waals surface area contributed by atoms with E-state index in [0.717, 1.165) is 32.6 Å². The molecule has 6 heteroatoms. The lowest BCUT2D eigenvalue weighted by Gasteiger charge is -2.37. The van der Waals surface area contributed by atoms with Gasteiger partial charge in [-0.05, 0) is 20.3 Å². The van der Waals surface area contributed by atoms with Crippen LogP contribution in [0, 0.1) is 12.3 Å². The van der Waals surface area contributed by atoms with Crippen LogP contribution in [0.5, 0.6) is 0 Å². The normalized spacial score (nSPS) is 19.0. The van der Waals surface area contributed by atoms with Crippen LogP contribution in [0.25, 0.3) is 0 Å². The molecule has 1 aliphatic rings. The number of piperazine rings is 1. The smallest absolute Gasteiger partial charge is 0.237 e. The van der Waals surface area contributed by atoms with Gasteiger partial charge in [0.1, 0.15) is 0 Å². The predicted octanol–water partition coefficient (Wildman–Crippen LogP) is -0.343. The van der Waals surface area contributed by atoms with Gasteiger partial charge in [-0.3, -0.25) is 19.4 Å². The van der Waals surface area contributed by atoms with Gasteiger partial charge in [0, 0.05) is 32.2 Å². The lowest BCUT2D eigenvalue weighted by molar-refractivity contribution is -0.127. The molecule has 124 valence electrons. The summed E-state index contributed by atoms with van der Waals surface area (Å²) in [6, 6.07) is 0.0260. The Labute approximate surface area is 133 Å². The van der Waals surface area contributed by atoms with E-state index in [9.17, 15) is 9.59 Å². The summed E-state index contributed by atoms with van der Waals surface area (Å²) in [7, 11) is 0. The fraction of sp³-hybridized carbons (Fsp3) is 0.750. The molecule has 22 heavy (non-hydrogen) atoms. The second-order valence-electron chi connectivity index (χ2n) is 5.79. The number of carbonyl (C=O) groups excluding carboxylic acids is 2. The highest BCUT2D eigenvalue weighted by Gasteiger charge is 2.26. The van der Waals surface area contributed by atoms with Crippen molar-refractivity contribution in [3.63, 3.8) is 0 Å². The molecule has 0 aromatic rings. The van der Waals surface area contributed by atoms with Crippen molar-refractivity contribution in [2.75, 3.05) is 39.3 Å². The summed E-state index contributed by atoms with van der Waals surface area (Å²) >= 11 is 0. The molecule has 1 aliphatic heterocycles. The first-order valence-corrected chi connectivity index (χ1v) is 7.94. The third-order valence-corrected chi connectivity index (χ3v) is 4.09. The van der Waals surface area contributed by atoms with Crippen molar-refractivity contribution in [3.05, 3.63) is 0 Å². The molecule has 1 fully saturated rings. The van der Waals surface area contributed by atoms with Crippen LogP contribution in [0.1, 0.15) is 27.2 Å². The molecule has 1 rings (SSSR count). The minimum absolute atomic E-state index is 0.0408.